The summed E-state index contributed by atoms with van der Waals surface area (Å²) >= 11 is 0. The maximum atomic E-state index is 5.66. The summed E-state index contributed by atoms with van der Waals surface area (Å²) in [6.07, 6.45) is 1.68. The molecule has 90 valence electrons. The fraction of sp³-hybridized carbons (Fsp3) is 0.583. The van der Waals surface area contributed by atoms with Crippen LogP contribution in [0.1, 0.15) is 19.4 Å². The van der Waals surface area contributed by atoms with Gasteiger partial charge in [0.25, 0.3) is 0 Å². The molecule has 0 aliphatic rings. The van der Waals surface area contributed by atoms with Gasteiger partial charge in [-0.25, -0.2) is 4.98 Å². The summed E-state index contributed by atoms with van der Waals surface area (Å²) in [4.78, 5) is 6.47. The van der Waals surface area contributed by atoms with Crippen LogP contribution in [0.3, 0.4) is 0 Å². The Morgan fingerprint density at radius 2 is 2.06 bits per heavy atom. The van der Waals surface area contributed by atoms with Crippen LogP contribution in [0.4, 0.5) is 11.5 Å². The van der Waals surface area contributed by atoms with E-state index in [2.05, 4.69) is 43.1 Å². The first kappa shape index (κ1) is 12.8. The maximum absolute atomic E-state index is 5.66. The van der Waals surface area contributed by atoms with Crippen LogP contribution in [0.5, 0.6) is 0 Å². The lowest BCUT2D eigenvalue weighted by atomic mass is 10.0. The van der Waals surface area contributed by atoms with Gasteiger partial charge in [0.1, 0.15) is 5.82 Å². The third kappa shape index (κ3) is 3.10. The molecule has 0 spiro atoms. The second-order valence-corrected chi connectivity index (χ2v) is 4.99. The van der Waals surface area contributed by atoms with Crippen LogP contribution in [0.25, 0.3) is 0 Å². The molecule has 16 heavy (non-hydrogen) atoms. The highest BCUT2D eigenvalue weighted by Crippen LogP contribution is 2.16. The lowest BCUT2D eigenvalue weighted by molar-refractivity contribution is 0.210. The number of hydrogen-bond donors (Lipinski definition) is 2. The van der Waals surface area contributed by atoms with Gasteiger partial charge in [-0.05, 0) is 46.5 Å². The molecule has 0 aliphatic heterocycles. The highest BCUT2D eigenvalue weighted by atomic mass is 15.2. The summed E-state index contributed by atoms with van der Waals surface area (Å²) in [5.41, 5.74) is 7.53. The van der Waals surface area contributed by atoms with Crippen LogP contribution in [0, 0.1) is 6.92 Å². The minimum atomic E-state index is 0.0928. The second kappa shape index (κ2) is 4.70. The average Bonchev–Trinajstić information content (AvgIpc) is 2.16. The maximum Gasteiger partial charge on any atom is 0.129 e. The monoisotopic (exact) mass is 222 g/mol. The standard InChI is InChI=1S/C12H22N4/c1-9-6-10(13)7-14-11(9)15-8-12(2,3)16(4)5/h6-7H,8,13H2,1-5H3,(H,14,15). The predicted octanol–water partition coefficient (Wildman–Crippen LogP) is 1.72. The zero-order chi connectivity index (χ0) is 12.3. The Balaban J connectivity index is 2.68. The smallest absolute Gasteiger partial charge is 0.129 e. The Labute approximate surface area is 97.9 Å². The number of pyridine rings is 1. The van der Waals surface area contributed by atoms with Gasteiger partial charge in [0.05, 0.1) is 11.9 Å². The number of likely N-dealkylation sites (N-methyl/N-ethyl adjacent to an activating group) is 1. The lowest BCUT2D eigenvalue weighted by Gasteiger charge is -2.33. The molecule has 0 atom stereocenters. The zero-order valence-corrected chi connectivity index (χ0v) is 10.8. The van der Waals surface area contributed by atoms with Gasteiger partial charge in [-0.3, -0.25) is 0 Å². The second-order valence-electron chi connectivity index (χ2n) is 4.99. The number of hydrogen-bond acceptors (Lipinski definition) is 4. The summed E-state index contributed by atoms with van der Waals surface area (Å²) in [5, 5.41) is 3.35. The van der Waals surface area contributed by atoms with Crippen LogP contribution in [0.15, 0.2) is 12.3 Å². The number of nitrogens with two attached hydrogens (primary N) is 1. The van der Waals surface area contributed by atoms with E-state index < -0.39 is 0 Å². The first-order valence-corrected chi connectivity index (χ1v) is 5.46. The molecule has 0 amide bonds. The fourth-order valence-corrected chi connectivity index (χ4v) is 1.24. The van der Waals surface area contributed by atoms with Gasteiger partial charge in [-0.2, -0.15) is 0 Å². The molecule has 0 aromatic carbocycles. The van der Waals surface area contributed by atoms with E-state index in [1.54, 1.807) is 6.20 Å². The SMILES string of the molecule is Cc1cc(N)cnc1NCC(C)(C)N(C)C. The molecule has 0 saturated carbocycles. The van der Waals surface area contributed by atoms with Gasteiger partial charge in [-0.1, -0.05) is 0 Å². The minimum Gasteiger partial charge on any atom is -0.397 e. The summed E-state index contributed by atoms with van der Waals surface area (Å²) in [5.74, 6) is 0.907. The van der Waals surface area contributed by atoms with Crippen molar-refractivity contribution >= 4 is 11.5 Å². The molecule has 1 aromatic rings. The normalized spacial score (nSPS) is 11.9. The first-order chi connectivity index (χ1) is 7.33. The van der Waals surface area contributed by atoms with Gasteiger partial charge in [-0.15, -0.1) is 0 Å². The quantitative estimate of drug-likeness (QED) is 0.814. The molecule has 4 heteroatoms. The molecule has 0 radical (unpaired) electrons. The van der Waals surface area contributed by atoms with Crippen molar-refractivity contribution in [3.05, 3.63) is 17.8 Å². The third-order valence-electron chi connectivity index (χ3n) is 3.00. The van der Waals surface area contributed by atoms with E-state index in [0.29, 0.717) is 5.69 Å². The van der Waals surface area contributed by atoms with Crippen molar-refractivity contribution in [2.45, 2.75) is 26.3 Å². The minimum absolute atomic E-state index is 0.0928. The number of aryl methyl sites for hydroxylation is 1. The van der Waals surface area contributed by atoms with Gasteiger partial charge >= 0.3 is 0 Å². The molecule has 3 N–H and O–H groups in total. The van der Waals surface area contributed by atoms with E-state index in [1.807, 2.05) is 13.0 Å². The van der Waals surface area contributed by atoms with E-state index in [0.717, 1.165) is 17.9 Å². The molecular formula is C12H22N4. The number of nitrogens with zero attached hydrogens (tertiary/aromatic N) is 2. The largest absolute Gasteiger partial charge is 0.397 e. The fourth-order valence-electron chi connectivity index (χ4n) is 1.24. The number of anilines is 2. The van der Waals surface area contributed by atoms with Crippen LogP contribution in [0.2, 0.25) is 0 Å². The molecule has 1 heterocycles. The van der Waals surface area contributed by atoms with Crippen molar-refractivity contribution in [1.29, 1.82) is 0 Å². The van der Waals surface area contributed by atoms with Gasteiger partial charge in [0, 0.05) is 12.1 Å². The molecule has 0 unspecified atom stereocenters. The predicted molar refractivity (Wildman–Crippen MR) is 69.6 cm³/mol. The van der Waals surface area contributed by atoms with Crippen LogP contribution in [-0.2, 0) is 0 Å². The molecule has 1 rings (SSSR count). The number of nitrogens with one attached hydrogen (secondary N) is 1. The van der Waals surface area contributed by atoms with Crippen molar-refractivity contribution in [1.82, 2.24) is 9.88 Å². The summed E-state index contributed by atoms with van der Waals surface area (Å²) in [6.45, 7) is 7.23. The third-order valence-corrected chi connectivity index (χ3v) is 3.00. The number of nitrogen functional groups attached to an aromatic ring is 1. The van der Waals surface area contributed by atoms with Crippen LogP contribution in [-0.4, -0.2) is 36.1 Å². The Bertz CT molecular complexity index is 358. The zero-order valence-electron chi connectivity index (χ0n) is 10.8. The van der Waals surface area contributed by atoms with Crippen LogP contribution < -0.4 is 11.1 Å². The lowest BCUT2D eigenvalue weighted by Crippen LogP contribution is -2.44. The molecular weight excluding hydrogens is 200 g/mol. The summed E-state index contributed by atoms with van der Waals surface area (Å²) < 4.78 is 0. The van der Waals surface area contributed by atoms with E-state index in [4.69, 9.17) is 5.73 Å². The number of aromatic nitrogens is 1. The first-order valence-electron chi connectivity index (χ1n) is 5.46. The van der Waals surface area contributed by atoms with Crippen molar-refractivity contribution in [2.75, 3.05) is 31.7 Å². The summed E-state index contributed by atoms with van der Waals surface area (Å²) in [7, 11) is 4.15. The van der Waals surface area contributed by atoms with E-state index in [9.17, 15) is 0 Å². The van der Waals surface area contributed by atoms with Crippen molar-refractivity contribution in [3.63, 3.8) is 0 Å². The molecule has 0 saturated heterocycles. The van der Waals surface area contributed by atoms with Crippen LogP contribution >= 0.6 is 0 Å². The number of rotatable bonds is 4. The molecule has 0 bridgehead atoms. The molecule has 0 aliphatic carbocycles. The van der Waals surface area contributed by atoms with E-state index in [-0.39, 0.29) is 5.54 Å². The highest BCUT2D eigenvalue weighted by molar-refractivity contribution is 5.50. The van der Waals surface area contributed by atoms with Crippen molar-refractivity contribution < 1.29 is 0 Å². The van der Waals surface area contributed by atoms with Gasteiger partial charge in [0.2, 0.25) is 0 Å². The molecule has 4 nitrogen and oxygen atoms in total. The Hall–Kier alpha value is -1.29. The Kier molecular flexibility index (Phi) is 3.75. The van der Waals surface area contributed by atoms with E-state index >= 15 is 0 Å². The van der Waals surface area contributed by atoms with Gasteiger partial charge < -0.3 is 16.0 Å². The highest BCUT2D eigenvalue weighted by Gasteiger charge is 2.20. The summed E-state index contributed by atoms with van der Waals surface area (Å²) in [6, 6.07) is 1.93. The average molecular weight is 222 g/mol. The molecule has 0 fully saturated rings. The molecule has 1 aromatic heterocycles. The van der Waals surface area contributed by atoms with Gasteiger partial charge in [0.15, 0.2) is 0 Å². The van der Waals surface area contributed by atoms with E-state index in [1.165, 1.54) is 0 Å². The van der Waals surface area contributed by atoms with Crippen molar-refractivity contribution in [2.24, 2.45) is 0 Å². The topological polar surface area (TPSA) is 54.2 Å². The Morgan fingerprint density at radius 1 is 1.44 bits per heavy atom. The van der Waals surface area contributed by atoms with Crippen molar-refractivity contribution in [3.8, 4) is 0 Å². The Morgan fingerprint density at radius 3 is 2.56 bits per heavy atom.